The molecular formula is C12H8Cl2N2O2. The zero-order valence-corrected chi connectivity index (χ0v) is 10.5. The number of amides is 1. The van der Waals surface area contributed by atoms with Gasteiger partial charge in [0.25, 0.3) is 5.91 Å². The normalized spacial score (nSPS) is 10.1. The van der Waals surface area contributed by atoms with Gasteiger partial charge in [0.1, 0.15) is 5.69 Å². The Hall–Kier alpha value is -1.78. The van der Waals surface area contributed by atoms with E-state index in [1.807, 2.05) is 0 Å². The maximum absolute atomic E-state index is 11.9. The number of hydrogen-bond acceptors (Lipinski definition) is 2. The second-order valence-electron chi connectivity index (χ2n) is 3.49. The Morgan fingerprint density at radius 2 is 1.83 bits per heavy atom. The quantitative estimate of drug-likeness (QED) is 0.890. The van der Waals surface area contributed by atoms with Crippen molar-refractivity contribution < 1.29 is 4.79 Å². The first-order chi connectivity index (χ1) is 8.58. The topological polar surface area (TPSA) is 62.0 Å². The summed E-state index contributed by atoms with van der Waals surface area (Å²) in [7, 11) is 0. The number of H-pyrrole nitrogens is 1. The fraction of sp³-hybridized carbons (Fsp3) is 0. The van der Waals surface area contributed by atoms with Gasteiger partial charge >= 0.3 is 0 Å². The molecular weight excluding hydrogens is 275 g/mol. The first-order valence-electron chi connectivity index (χ1n) is 5.02. The van der Waals surface area contributed by atoms with Crippen LogP contribution in [-0.4, -0.2) is 10.9 Å². The monoisotopic (exact) mass is 282 g/mol. The van der Waals surface area contributed by atoms with Gasteiger partial charge in [-0.25, -0.2) is 0 Å². The van der Waals surface area contributed by atoms with Gasteiger partial charge in [0.2, 0.25) is 0 Å². The lowest BCUT2D eigenvalue weighted by Crippen LogP contribution is -2.16. The molecule has 2 N–H and O–H groups in total. The molecule has 1 heterocycles. The first-order valence-corrected chi connectivity index (χ1v) is 5.77. The zero-order chi connectivity index (χ0) is 13.1. The van der Waals surface area contributed by atoms with Crippen LogP contribution in [0.5, 0.6) is 0 Å². The van der Waals surface area contributed by atoms with Gasteiger partial charge in [0.15, 0.2) is 5.43 Å². The maximum atomic E-state index is 11.9. The molecule has 0 fully saturated rings. The highest BCUT2D eigenvalue weighted by atomic mass is 35.5. The molecule has 2 aromatic rings. The number of hydrogen-bond donors (Lipinski definition) is 2. The third kappa shape index (κ3) is 2.72. The lowest BCUT2D eigenvalue weighted by molar-refractivity contribution is 0.102. The summed E-state index contributed by atoms with van der Waals surface area (Å²) in [6, 6.07) is 7.40. The molecule has 0 atom stereocenters. The van der Waals surface area contributed by atoms with Crippen LogP contribution in [0.3, 0.4) is 0 Å². The van der Waals surface area contributed by atoms with E-state index >= 15 is 0 Å². The lowest BCUT2D eigenvalue weighted by Gasteiger charge is -2.08. The Balaban J connectivity index is 2.30. The van der Waals surface area contributed by atoms with Crippen LogP contribution in [-0.2, 0) is 0 Å². The average Bonchev–Trinajstić information content (AvgIpc) is 2.34. The number of nitrogens with one attached hydrogen (secondary N) is 2. The second kappa shape index (κ2) is 5.25. The predicted molar refractivity (Wildman–Crippen MR) is 71.5 cm³/mol. The van der Waals surface area contributed by atoms with E-state index in [4.69, 9.17) is 23.2 Å². The van der Waals surface area contributed by atoms with Gasteiger partial charge in [-0.05, 0) is 12.1 Å². The number of aromatic amines is 1. The van der Waals surface area contributed by atoms with E-state index in [-0.39, 0.29) is 11.1 Å². The van der Waals surface area contributed by atoms with E-state index in [0.29, 0.717) is 15.7 Å². The molecule has 4 nitrogen and oxygen atoms in total. The van der Waals surface area contributed by atoms with Crippen LogP contribution in [0.1, 0.15) is 10.5 Å². The molecule has 0 saturated carbocycles. The summed E-state index contributed by atoms with van der Waals surface area (Å²) < 4.78 is 0. The molecule has 2 rings (SSSR count). The van der Waals surface area contributed by atoms with E-state index in [1.165, 1.54) is 18.3 Å². The molecule has 1 aromatic carbocycles. The SMILES string of the molecule is O=C(Nc1c(Cl)cccc1Cl)c1cc(=O)cc[nH]1. The van der Waals surface area contributed by atoms with Gasteiger partial charge in [-0.2, -0.15) is 0 Å². The number of halogens is 2. The lowest BCUT2D eigenvalue weighted by atomic mass is 10.3. The smallest absolute Gasteiger partial charge is 0.272 e. The number of rotatable bonds is 2. The predicted octanol–water partition coefficient (Wildman–Crippen LogP) is 2.93. The molecule has 6 heteroatoms. The standard InChI is InChI=1S/C12H8Cl2N2O2/c13-8-2-1-3-9(14)11(8)16-12(18)10-6-7(17)4-5-15-10/h1-6H,(H,15,17)(H,16,18). The minimum atomic E-state index is -0.484. The van der Waals surface area contributed by atoms with Crippen molar-refractivity contribution in [1.82, 2.24) is 4.98 Å². The number of aromatic nitrogens is 1. The Bertz CT molecular complexity index is 632. The molecule has 0 spiro atoms. The minimum absolute atomic E-state index is 0.137. The minimum Gasteiger partial charge on any atom is -0.357 e. The first kappa shape index (κ1) is 12.7. The number of anilines is 1. The van der Waals surface area contributed by atoms with Crippen molar-refractivity contribution in [2.75, 3.05) is 5.32 Å². The average molecular weight is 283 g/mol. The van der Waals surface area contributed by atoms with E-state index in [2.05, 4.69) is 10.3 Å². The summed E-state index contributed by atoms with van der Waals surface area (Å²) in [4.78, 5) is 25.7. The molecule has 0 aliphatic carbocycles. The molecule has 0 saturated heterocycles. The van der Waals surface area contributed by atoms with Crippen molar-refractivity contribution in [2.45, 2.75) is 0 Å². The molecule has 92 valence electrons. The highest BCUT2D eigenvalue weighted by Gasteiger charge is 2.11. The highest BCUT2D eigenvalue weighted by molar-refractivity contribution is 6.39. The summed E-state index contributed by atoms with van der Waals surface area (Å²) in [6.07, 6.45) is 1.39. The van der Waals surface area contributed by atoms with Crippen LogP contribution in [0, 0.1) is 0 Å². The highest BCUT2D eigenvalue weighted by Crippen LogP contribution is 2.29. The van der Waals surface area contributed by atoms with Crippen LogP contribution in [0.2, 0.25) is 10.0 Å². The summed E-state index contributed by atoms with van der Waals surface area (Å²) >= 11 is 11.8. The van der Waals surface area contributed by atoms with E-state index in [0.717, 1.165) is 0 Å². The number of carbonyl (C=O) groups excluding carboxylic acids is 1. The molecule has 0 aliphatic heterocycles. The van der Waals surface area contributed by atoms with Crippen LogP contribution >= 0.6 is 23.2 Å². The molecule has 0 unspecified atom stereocenters. The molecule has 0 bridgehead atoms. The Kier molecular flexibility index (Phi) is 3.69. The molecule has 18 heavy (non-hydrogen) atoms. The fourth-order valence-electron chi connectivity index (χ4n) is 1.37. The largest absolute Gasteiger partial charge is 0.357 e. The van der Waals surface area contributed by atoms with Crippen molar-refractivity contribution in [3.8, 4) is 0 Å². The number of carbonyl (C=O) groups is 1. The van der Waals surface area contributed by atoms with Gasteiger partial charge in [-0.1, -0.05) is 29.3 Å². The molecule has 0 radical (unpaired) electrons. The molecule has 0 aliphatic rings. The number of pyridine rings is 1. The van der Waals surface area contributed by atoms with Gasteiger partial charge in [-0.3, -0.25) is 9.59 Å². The van der Waals surface area contributed by atoms with Crippen molar-refractivity contribution >= 4 is 34.8 Å². The zero-order valence-electron chi connectivity index (χ0n) is 9.04. The van der Waals surface area contributed by atoms with Crippen molar-refractivity contribution in [2.24, 2.45) is 0 Å². The summed E-state index contributed by atoms with van der Waals surface area (Å²) in [6.45, 7) is 0. The van der Waals surface area contributed by atoms with Crippen molar-refractivity contribution in [3.63, 3.8) is 0 Å². The van der Waals surface area contributed by atoms with Crippen LogP contribution in [0.15, 0.2) is 41.3 Å². The third-order valence-electron chi connectivity index (χ3n) is 2.22. The molecule has 1 amide bonds. The Labute approximate surface area is 113 Å². The maximum Gasteiger partial charge on any atom is 0.272 e. The van der Waals surface area contributed by atoms with Crippen LogP contribution in [0.4, 0.5) is 5.69 Å². The Morgan fingerprint density at radius 1 is 1.17 bits per heavy atom. The van der Waals surface area contributed by atoms with Crippen LogP contribution < -0.4 is 10.7 Å². The number of para-hydroxylation sites is 1. The van der Waals surface area contributed by atoms with Gasteiger partial charge in [0.05, 0.1) is 15.7 Å². The van der Waals surface area contributed by atoms with Gasteiger partial charge in [0, 0.05) is 18.3 Å². The molecule has 1 aromatic heterocycles. The summed E-state index contributed by atoms with van der Waals surface area (Å²) in [5, 5.41) is 3.20. The van der Waals surface area contributed by atoms with Gasteiger partial charge in [-0.15, -0.1) is 0 Å². The van der Waals surface area contributed by atoms with E-state index in [1.54, 1.807) is 18.2 Å². The van der Waals surface area contributed by atoms with Crippen molar-refractivity contribution in [1.29, 1.82) is 0 Å². The number of benzene rings is 1. The second-order valence-corrected chi connectivity index (χ2v) is 4.30. The van der Waals surface area contributed by atoms with E-state index in [9.17, 15) is 9.59 Å². The van der Waals surface area contributed by atoms with Gasteiger partial charge < -0.3 is 10.3 Å². The van der Waals surface area contributed by atoms with Crippen LogP contribution in [0.25, 0.3) is 0 Å². The van der Waals surface area contributed by atoms with E-state index < -0.39 is 5.91 Å². The summed E-state index contributed by atoms with van der Waals surface area (Å²) in [5.41, 5.74) is 0.193. The Morgan fingerprint density at radius 3 is 2.44 bits per heavy atom. The van der Waals surface area contributed by atoms with Crippen molar-refractivity contribution in [3.05, 3.63) is 62.5 Å². The fourth-order valence-corrected chi connectivity index (χ4v) is 1.87. The third-order valence-corrected chi connectivity index (χ3v) is 2.85. The summed E-state index contributed by atoms with van der Waals surface area (Å²) in [5.74, 6) is -0.484.